The highest BCUT2D eigenvalue weighted by molar-refractivity contribution is 8.00. The molecule has 0 saturated carbocycles. The van der Waals surface area contributed by atoms with Crippen LogP contribution in [0.1, 0.15) is 30.8 Å². The maximum absolute atomic E-state index is 12.9. The summed E-state index contributed by atoms with van der Waals surface area (Å²) in [5.41, 5.74) is 4.24. The van der Waals surface area contributed by atoms with Gasteiger partial charge in [-0.15, -0.1) is 0 Å². The topological polar surface area (TPSA) is 49.0 Å². The molecule has 0 fully saturated rings. The first-order valence-electron chi connectivity index (χ1n) is 9.21. The van der Waals surface area contributed by atoms with E-state index in [1.807, 2.05) is 74.2 Å². The summed E-state index contributed by atoms with van der Waals surface area (Å²) in [4.78, 5) is 22.8. The molecule has 1 atom stereocenters. The molecule has 140 valence electrons. The van der Waals surface area contributed by atoms with Gasteiger partial charge in [-0.25, -0.2) is 4.98 Å². The average molecular weight is 380 g/mol. The maximum atomic E-state index is 12.9. The maximum Gasteiger partial charge on any atom is 0.240 e. The number of benzene rings is 2. The molecule has 5 heteroatoms. The number of nitrogens with zero attached hydrogens (tertiary/aromatic N) is 2. The Morgan fingerprint density at radius 2 is 1.74 bits per heavy atom. The Morgan fingerprint density at radius 3 is 2.37 bits per heavy atom. The van der Waals surface area contributed by atoms with Crippen molar-refractivity contribution in [3.63, 3.8) is 0 Å². The molecule has 0 radical (unpaired) electrons. The molecule has 3 rings (SSSR count). The fraction of sp³-hybridized carbons (Fsp3) is 0.273. The van der Waals surface area contributed by atoms with E-state index in [-0.39, 0.29) is 11.2 Å². The predicted molar refractivity (Wildman–Crippen MR) is 112 cm³/mol. The number of rotatable bonds is 7. The largest absolute Gasteiger partial charge is 0.337 e. The Bertz CT molecular complexity index is 877. The number of nitrogens with one attached hydrogen (secondary N) is 1. The summed E-state index contributed by atoms with van der Waals surface area (Å²) in [5.74, 6) is 0.0902. The summed E-state index contributed by atoms with van der Waals surface area (Å²) in [6.07, 6.45) is 0.789. The molecule has 1 heterocycles. The van der Waals surface area contributed by atoms with Crippen LogP contribution in [0, 0.1) is 6.92 Å². The minimum Gasteiger partial charge on any atom is -0.337 e. The Hall–Kier alpha value is -2.53. The minimum absolute atomic E-state index is 0.0902. The predicted octanol–water partition coefficient (Wildman–Crippen LogP) is 4.84. The van der Waals surface area contributed by atoms with Gasteiger partial charge in [-0.2, -0.15) is 0 Å². The van der Waals surface area contributed by atoms with Crippen molar-refractivity contribution in [2.75, 3.05) is 11.4 Å². The van der Waals surface area contributed by atoms with E-state index >= 15 is 0 Å². The molecule has 3 aromatic rings. The summed E-state index contributed by atoms with van der Waals surface area (Å²) >= 11 is 1.48. The van der Waals surface area contributed by atoms with Crippen LogP contribution in [0.25, 0.3) is 0 Å². The SMILES string of the molecule is CCN(C(=O)[C@H](C)Sc1nc(Cc2ccccc2)c(C)[nH]1)c1ccccc1. The van der Waals surface area contributed by atoms with E-state index in [2.05, 4.69) is 17.1 Å². The van der Waals surface area contributed by atoms with Gasteiger partial charge in [0.05, 0.1) is 10.9 Å². The van der Waals surface area contributed by atoms with Crippen molar-refractivity contribution >= 4 is 23.4 Å². The molecule has 0 aliphatic carbocycles. The molecule has 27 heavy (non-hydrogen) atoms. The zero-order chi connectivity index (χ0) is 19.2. The van der Waals surface area contributed by atoms with Crippen LogP contribution in [0.5, 0.6) is 0 Å². The first kappa shape index (κ1) is 19.2. The molecule has 0 saturated heterocycles. The van der Waals surface area contributed by atoms with Crippen molar-refractivity contribution in [3.05, 3.63) is 77.6 Å². The first-order valence-corrected chi connectivity index (χ1v) is 10.1. The van der Waals surface area contributed by atoms with Gasteiger partial charge >= 0.3 is 0 Å². The number of amides is 1. The third kappa shape index (κ3) is 4.80. The standard InChI is InChI=1S/C22H25N3OS/c1-4-25(19-13-9-6-10-14-19)21(26)17(3)27-22-23-16(2)20(24-22)15-18-11-7-5-8-12-18/h5-14,17H,4,15H2,1-3H3,(H,23,24)/t17-/m0/s1. The van der Waals surface area contributed by atoms with E-state index in [9.17, 15) is 4.79 Å². The molecule has 0 bridgehead atoms. The number of carbonyl (C=O) groups excluding carboxylic acids is 1. The second-order valence-electron chi connectivity index (χ2n) is 6.45. The lowest BCUT2D eigenvalue weighted by Crippen LogP contribution is -2.36. The number of aromatic nitrogens is 2. The highest BCUT2D eigenvalue weighted by atomic mass is 32.2. The summed E-state index contributed by atoms with van der Waals surface area (Å²) in [5, 5.41) is 0.573. The quantitative estimate of drug-likeness (QED) is 0.598. The highest BCUT2D eigenvalue weighted by Crippen LogP contribution is 2.26. The average Bonchev–Trinajstić information content (AvgIpc) is 3.02. The van der Waals surface area contributed by atoms with E-state index in [4.69, 9.17) is 4.98 Å². The van der Waals surface area contributed by atoms with Crippen molar-refractivity contribution in [2.45, 2.75) is 37.6 Å². The molecule has 4 nitrogen and oxygen atoms in total. The number of carbonyl (C=O) groups is 1. The monoisotopic (exact) mass is 379 g/mol. The summed E-state index contributed by atoms with van der Waals surface area (Å²) in [7, 11) is 0. The molecule has 0 aliphatic heterocycles. The van der Waals surface area contributed by atoms with Gasteiger partial charge in [0.1, 0.15) is 0 Å². The fourth-order valence-electron chi connectivity index (χ4n) is 2.99. The van der Waals surface area contributed by atoms with Crippen molar-refractivity contribution < 1.29 is 4.79 Å². The smallest absolute Gasteiger partial charge is 0.240 e. The van der Waals surface area contributed by atoms with Gasteiger partial charge in [-0.1, -0.05) is 60.3 Å². The van der Waals surface area contributed by atoms with E-state index < -0.39 is 0 Å². The number of aryl methyl sites for hydroxylation is 1. The van der Waals surface area contributed by atoms with Crippen LogP contribution in [-0.4, -0.2) is 27.7 Å². The Labute approximate surface area is 165 Å². The Morgan fingerprint density at radius 1 is 1.11 bits per heavy atom. The van der Waals surface area contributed by atoms with Gasteiger partial charge in [-0.05, 0) is 38.5 Å². The summed E-state index contributed by atoms with van der Waals surface area (Å²) in [6.45, 7) is 6.61. The zero-order valence-electron chi connectivity index (χ0n) is 16.0. The van der Waals surface area contributed by atoms with Crippen molar-refractivity contribution in [1.82, 2.24) is 9.97 Å². The van der Waals surface area contributed by atoms with Crippen LogP contribution in [-0.2, 0) is 11.2 Å². The molecule has 1 aromatic heterocycles. The first-order chi connectivity index (χ1) is 13.1. The van der Waals surface area contributed by atoms with Gasteiger partial charge in [0, 0.05) is 24.3 Å². The zero-order valence-corrected chi connectivity index (χ0v) is 16.8. The lowest BCUT2D eigenvalue weighted by molar-refractivity contribution is -0.117. The number of imidazole rings is 1. The second-order valence-corrected chi connectivity index (χ2v) is 7.78. The minimum atomic E-state index is -0.222. The third-order valence-electron chi connectivity index (χ3n) is 4.46. The van der Waals surface area contributed by atoms with Crippen LogP contribution in [0.4, 0.5) is 5.69 Å². The van der Waals surface area contributed by atoms with Crippen molar-refractivity contribution in [3.8, 4) is 0 Å². The number of hydrogen-bond acceptors (Lipinski definition) is 3. The van der Waals surface area contributed by atoms with Crippen LogP contribution in [0.15, 0.2) is 65.8 Å². The summed E-state index contributed by atoms with van der Waals surface area (Å²) in [6, 6.07) is 20.1. The van der Waals surface area contributed by atoms with Crippen LogP contribution < -0.4 is 4.90 Å². The third-order valence-corrected chi connectivity index (χ3v) is 5.44. The van der Waals surface area contributed by atoms with Crippen LogP contribution in [0.2, 0.25) is 0 Å². The summed E-state index contributed by atoms with van der Waals surface area (Å²) < 4.78 is 0. The Balaban J connectivity index is 1.69. The lowest BCUT2D eigenvalue weighted by Gasteiger charge is -2.23. The lowest BCUT2D eigenvalue weighted by atomic mass is 10.1. The molecular formula is C22H25N3OS. The molecule has 0 spiro atoms. The van der Waals surface area contributed by atoms with E-state index in [1.54, 1.807) is 0 Å². The van der Waals surface area contributed by atoms with Gasteiger partial charge in [0.15, 0.2) is 5.16 Å². The molecule has 0 unspecified atom stereocenters. The van der Waals surface area contributed by atoms with Crippen LogP contribution >= 0.6 is 11.8 Å². The van der Waals surface area contributed by atoms with E-state index in [1.165, 1.54) is 17.3 Å². The number of aromatic amines is 1. The number of para-hydroxylation sites is 1. The number of H-pyrrole nitrogens is 1. The van der Waals surface area contributed by atoms with Crippen molar-refractivity contribution in [2.24, 2.45) is 0 Å². The molecular weight excluding hydrogens is 354 g/mol. The van der Waals surface area contributed by atoms with Crippen LogP contribution in [0.3, 0.4) is 0 Å². The van der Waals surface area contributed by atoms with Gasteiger partial charge in [0.25, 0.3) is 0 Å². The van der Waals surface area contributed by atoms with Gasteiger partial charge in [-0.3, -0.25) is 4.79 Å². The Kier molecular flexibility index (Phi) is 6.35. The van der Waals surface area contributed by atoms with E-state index in [0.29, 0.717) is 6.54 Å². The van der Waals surface area contributed by atoms with Gasteiger partial charge in [0.2, 0.25) is 5.91 Å². The number of anilines is 1. The number of hydrogen-bond donors (Lipinski definition) is 1. The molecule has 2 aromatic carbocycles. The fourth-order valence-corrected chi connectivity index (χ4v) is 3.93. The molecule has 1 amide bonds. The number of thioether (sulfide) groups is 1. The van der Waals surface area contributed by atoms with Crippen molar-refractivity contribution in [1.29, 1.82) is 0 Å². The normalized spacial score (nSPS) is 12.0. The highest BCUT2D eigenvalue weighted by Gasteiger charge is 2.23. The van der Waals surface area contributed by atoms with E-state index in [0.717, 1.165) is 28.7 Å². The molecule has 1 N–H and O–H groups in total. The molecule has 0 aliphatic rings. The second kappa shape index (κ2) is 8.91. The van der Waals surface area contributed by atoms with Gasteiger partial charge < -0.3 is 9.88 Å².